The number of benzene rings is 1. The van der Waals surface area contributed by atoms with Crippen LogP contribution in [-0.2, 0) is 16.0 Å². The van der Waals surface area contributed by atoms with Gasteiger partial charge in [0.25, 0.3) is 0 Å². The fraction of sp³-hybridized carbons (Fsp3) is 0.500. The van der Waals surface area contributed by atoms with Gasteiger partial charge in [-0.3, -0.25) is 10.2 Å². The molecule has 0 spiro atoms. The van der Waals surface area contributed by atoms with E-state index in [9.17, 15) is 9.59 Å². The van der Waals surface area contributed by atoms with E-state index >= 15 is 0 Å². The number of carbonyl (C=O) groups is 1. The van der Waals surface area contributed by atoms with Gasteiger partial charge in [-0.2, -0.15) is 0 Å². The van der Waals surface area contributed by atoms with E-state index in [-0.39, 0.29) is 12.7 Å². The number of likely N-dealkylation sites (tertiary alicyclic amines) is 1. The highest BCUT2D eigenvalue weighted by molar-refractivity contribution is 5.89. The van der Waals surface area contributed by atoms with Gasteiger partial charge in [0.05, 0.1) is 12.7 Å². The second-order valence-corrected chi connectivity index (χ2v) is 6.60. The largest absolute Gasteiger partial charge is 0.450 e. The van der Waals surface area contributed by atoms with E-state index in [4.69, 9.17) is 13.9 Å². The number of piperidine rings is 1. The molecule has 2 heterocycles. The predicted molar refractivity (Wildman–Crippen MR) is 103 cm³/mol. The second kappa shape index (κ2) is 9.01. The number of nitrogens with zero attached hydrogens (tertiary/aromatic N) is 1. The molecule has 1 saturated heterocycles. The number of ether oxygens (including phenoxy) is 2. The third-order valence-electron chi connectivity index (χ3n) is 4.61. The first-order valence-electron chi connectivity index (χ1n) is 9.43. The van der Waals surface area contributed by atoms with Crippen molar-refractivity contribution in [2.45, 2.75) is 39.3 Å². The van der Waals surface area contributed by atoms with E-state index < -0.39 is 11.7 Å². The molecule has 1 unspecified atom stereocenters. The minimum absolute atomic E-state index is 0.246. The molecule has 0 saturated carbocycles. The molecule has 3 rings (SSSR count). The summed E-state index contributed by atoms with van der Waals surface area (Å²) in [4.78, 5) is 25.9. The molecule has 0 bridgehead atoms. The van der Waals surface area contributed by atoms with Gasteiger partial charge in [-0.15, -0.1) is 0 Å². The Morgan fingerprint density at radius 2 is 2.15 bits per heavy atom. The molecule has 1 aliphatic rings. The molecule has 27 heavy (non-hydrogen) atoms. The van der Waals surface area contributed by atoms with Crippen molar-refractivity contribution in [2.24, 2.45) is 0 Å². The third kappa shape index (κ3) is 5.08. The van der Waals surface area contributed by atoms with E-state index in [0.717, 1.165) is 36.9 Å². The van der Waals surface area contributed by atoms with Crippen molar-refractivity contribution in [3.8, 4) is 0 Å². The van der Waals surface area contributed by atoms with Gasteiger partial charge in [0.15, 0.2) is 0 Å². The maximum atomic E-state index is 12.0. The van der Waals surface area contributed by atoms with Crippen LogP contribution in [0.15, 0.2) is 33.5 Å². The van der Waals surface area contributed by atoms with E-state index in [2.05, 4.69) is 10.2 Å². The summed E-state index contributed by atoms with van der Waals surface area (Å²) in [5.41, 5.74) is 1.49. The van der Waals surface area contributed by atoms with Gasteiger partial charge in [0.2, 0.25) is 0 Å². The Hall–Kier alpha value is -2.38. The molecule has 1 atom stereocenters. The van der Waals surface area contributed by atoms with E-state index in [0.29, 0.717) is 24.4 Å². The van der Waals surface area contributed by atoms with Crippen molar-refractivity contribution in [1.29, 1.82) is 0 Å². The number of anilines is 1. The number of fused-ring (bicyclic) bond motifs is 1. The normalized spacial score (nSPS) is 17.8. The topological polar surface area (TPSA) is 81.0 Å². The summed E-state index contributed by atoms with van der Waals surface area (Å²) in [6.45, 7) is 7.25. The van der Waals surface area contributed by atoms with Crippen LogP contribution in [0.3, 0.4) is 0 Å². The van der Waals surface area contributed by atoms with Gasteiger partial charge >= 0.3 is 11.7 Å². The minimum Gasteiger partial charge on any atom is -0.450 e. The van der Waals surface area contributed by atoms with Crippen molar-refractivity contribution in [3.05, 3.63) is 40.2 Å². The summed E-state index contributed by atoms with van der Waals surface area (Å²) in [5, 5.41) is 3.49. The molecule has 146 valence electrons. The van der Waals surface area contributed by atoms with E-state index in [1.165, 1.54) is 0 Å². The zero-order valence-corrected chi connectivity index (χ0v) is 15.8. The SMILES string of the molecule is CCOC(=O)Nc1ccc2c(CN3CCCC(OCC)C3)cc(=O)oc2c1. The second-order valence-electron chi connectivity index (χ2n) is 6.60. The Labute approximate surface area is 158 Å². The standard InChI is InChI=1S/C20H26N2O5/c1-3-25-16-6-5-9-22(13-16)12-14-10-19(23)27-18-11-15(7-8-17(14)18)21-20(24)26-4-2/h7-8,10-11,16H,3-6,9,12-13H2,1-2H3,(H,21,24). The number of carbonyl (C=O) groups excluding carboxylic acids is 1. The van der Waals surface area contributed by atoms with Gasteiger partial charge in [0, 0.05) is 42.9 Å². The Morgan fingerprint density at radius 3 is 2.93 bits per heavy atom. The van der Waals surface area contributed by atoms with E-state index in [1.807, 2.05) is 13.0 Å². The Morgan fingerprint density at radius 1 is 1.30 bits per heavy atom. The quantitative estimate of drug-likeness (QED) is 0.781. The number of hydrogen-bond acceptors (Lipinski definition) is 6. The molecule has 1 N–H and O–H groups in total. The Kier molecular flexibility index (Phi) is 6.47. The number of hydrogen-bond donors (Lipinski definition) is 1. The zero-order chi connectivity index (χ0) is 19.2. The first-order chi connectivity index (χ1) is 13.1. The monoisotopic (exact) mass is 374 g/mol. The van der Waals surface area contributed by atoms with Crippen molar-refractivity contribution in [2.75, 3.05) is 31.6 Å². The molecule has 7 nitrogen and oxygen atoms in total. The highest BCUT2D eigenvalue weighted by Gasteiger charge is 2.21. The lowest BCUT2D eigenvalue weighted by Crippen LogP contribution is -2.39. The molecule has 7 heteroatoms. The number of nitrogens with one attached hydrogen (secondary N) is 1. The van der Waals surface area contributed by atoms with Crippen molar-refractivity contribution < 1.29 is 18.7 Å². The van der Waals surface area contributed by atoms with Gasteiger partial charge < -0.3 is 13.9 Å². The molecule has 1 fully saturated rings. The average molecular weight is 374 g/mol. The Balaban J connectivity index is 1.81. The van der Waals surface area contributed by atoms with Crippen molar-refractivity contribution in [3.63, 3.8) is 0 Å². The van der Waals surface area contributed by atoms with Crippen LogP contribution in [-0.4, -0.2) is 43.4 Å². The summed E-state index contributed by atoms with van der Waals surface area (Å²) in [6.07, 6.45) is 1.86. The third-order valence-corrected chi connectivity index (χ3v) is 4.61. The van der Waals surface area contributed by atoms with Crippen molar-refractivity contribution in [1.82, 2.24) is 4.90 Å². The fourth-order valence-electron chi connectivity index (χ4n) is 3.49. The van der Waals surface area contributed by atoms with Crippen LogP contribution in [0.5, 0.6) is 0 Å². The lowest BCUT2D eigenvalue weighted by molar-refractivity contribution is 0.00371. The summed E-state index contributed by atoms with van der Waals surface area (Å²) >= 11 is 0. The summed E-state index contributed by atoms with van der Waals surface area (Å²) in [6, 6.07) is 6.84. The lowest BCUT2D eigenvalue weighted by atomic mass is 10.1. The maximum Gasteiger partial charge on any atom is 0.411 e. The molecule has 1 aromatic carbocycles. The minimum atomic E-state index is -0.536. The van der Waals surface area contributed by atoms with Crippen LogP contribution in [0.25, 0.3) is 11.0 Å². The zero-order valence-electron chi connectivity index (χ0n) is 15.8. The predicted octanol–water partition coefficient (Wildman–Crippen LogP) is 3.36. The summed E-state index contributed by atoms with van der Waals surface area (Å²) < 4.78 is 16.0. The average Bonchev–Trinajstić information content (AvgIpc) is 2.62. The number of rotatable bonds is 6. The van der Waals surface area contributed by atoms with Gasteiger partial charge in [0.1, 0.15) is 5.58 Å². The maximum absolute atomic E-state index is 12.0. The molecule has 1 aliphatic heterocycles. The molecular formula is C20H26N2O5. The van der Waals surface area contributed by atoms with Crippen LogP contribution in [0.4, 0.5) is 10.5 Å². The van der Waals surface area contributed by atoms with Gasteiger partial charge in [-0.25, -0.2) is 9.59 Å². The number of amides is 1. The molecular weight excluding hydrogens is 348 g/mol. The first-order valence-corrected chi connectivity index (χ1v) is 9.43. The van der Waals surface area contributed by atoms with E-state index in [1.54, 1.807) is 25.1 Å². The van der Waals surface area contributed by atoms with Crippen molar-refractivity contribution >= 4 is 22.7 Å². The summed E-state index contributed by atoms with van der Waals surface area (Å²) in [5.74, 6) is 0. The fourth-order valence-corrected chi connectivity index (χ4v) is 3.49. The van der Waals surface area contributed by atoms with Crippen LogP contribution in [0.1, 0.15) is 32.3 Å². The van der Waals surface area contributed by atoms with Crippen LogP contribution in [0.2, 0.25) is 0 Å². The molecule has 2 aromatic rings. The first kappa shape index (κ1) is 19.4. The Bertz CT molecular complexity index is 846. The van der Waals surface area contributed by atoms with Gasteiger partial charge in [-0.1, -0.05) is 0 Å². The van der Waals surface area contributed by atoms with Crippen LogP contribution in [0, 0.1) is 0 Å². The lowest BCUT2D eigenvalue weighted by Gasteiger charge is -2.32. The summed E-state index contributed by atoms with van der Waals surface area (Å²) in [7, 11) is 0. The highest BCUT2D eigenvalue weighted by atomic mass is 16.5. The molecule has 1 amide bonds. The van der Waals surface area contributed by atoms with Crippen LogP contribution < -0.4 is 10.9 Å². The molecule has 1 aromatic heterocycles. The smallest absolute Gasteiger partial charge is 0.411 e. The van der Waals surface area contributed by atoms with Gasteiger partial charge in [-0.05, 0) is 50.9 Å². The highest BCUT2D eigenvalue weighted by Crippen LogP contribution is 2.24. The molecule has 0 radical (unpaired) electrons. The molecule has 0 aliphatic carbocycles. The van der Waals surface area contributed by atoms with Crippen LogP contribution >= 0.6 is 0 Å².